The van der Waals surface area contributed by atoms with Gasteiger partial charge in [-0.3, -0.25) is 4.90 Å². The minimum Gasteiger partial charge on any atom is -0.484 e. The van der Waals surface area contributed by atoms with Crippen LogP contribution in [0, 0.1) is 0 Å². The van der Waals surface area contributed by atoms with E-state index in [9.17, 15) is 26.3 Å². The summed E-state index contributed by atoms with van der Waals surface area (Å²) in [5, 5.41) is 3.19. The Morgan fingerprint density at radius 1 is 1.00 bits per heavy atom. The maximum absolute atomic E-state index is 12.4. The monoisotopic (exact) mass is 370 g/mol. The molecular formula is C16H20F6N2O. The second-order valence-electron chi connectivity index (χ2n) is 6.06. The minimum atomic E-state index is -4.41. The average molecular weight is 370 g/mol. The molecule has 1 aromatic rings. The number of nitrogens with one attached hydrogen (secondary N) is 1. The van der Waals surface area contributed by atoms with E-state index < -0.39 is 25.5 Å². The maximum atomic E-state index is 12.4. The number of nitrogens with zero attached hydrogens (tertiary/aromatic N) is 1. The molecule has 2 rings (SSSR count). The van der Waals surface area contributed by atoms with Gasteiger partial charge in [0.2, 0.25) is 0 Å². The highest BCUT2D eigenvalue weighted by Crippen LogP contribution is 2.23. The van der Waals surface area contributed by atoms with Crippen LogP contribution >= 0.6 is 0 Å². The van der Waals surface area contributed by atoms with Crippen LogP contribution in [0.3, 0.4) is 0 Å². The van der Waals surface area contributed by atoms with Crippen LogP contribution in [0.2, 0.25) is 0 Å². The highest BCUT2D eigenvalue weighted by atomic mass is 19.4. The molecule has 0 unspecified atom stereocenters. The third-order valence-corrected chi connectivity index (χ3v) is 3.94. The summed E-state index contributed by atoms with van der Waals surface area (Å²) >= 11 is 0. The molecule has 1 aliphatic heterocycles. The molecule has 3 nitrogen and oxygen atoms in total. The maximum Gasteiger partial charge on any atom is 0.422 e. The standard InChI is InChI=1S/C16H20F6N2O/c17-15(18,19)10-24-7-5-13(6-8-24)23-9-12-3-1-2-4-14(12)25-11-16(20,21)22/h1-4,13,23H,5-11H2. The van der Waals surface area contributed by atoms with E-state index in [0.29, 0.717) is 38.0 Å². The van der Waals surface area contributed by atoms with Gasteiger partial charge in [0.05, 0.1) is 6.54 Å². The molecule has 25 heavy (non-hydrogen) atoms. The molecule has 142 valence electrons. The second-order valence-corrected chi connectivity index (χ2v) is 6.06. The Kier molecular flexibility index (Phi) is 6.56. The number of rotatable bonds is 6. The van der Waals surface area contributed by atoms with E-state index in [1.54, 1.807) is 18.2 Å². The van der Waals surface area contributed by atoms with Crippen LogP contribution in [-0.4, -0.2) is 49.5 Å². The molecule has 1 aromatic carbocycles. The summed E-state index contributed by atoms with van der Waals surface area (Å²) in [7, 11) is 0. The van der Waals surface area contributed by atoms with Crippen molar-refractivity contribution in [2.24, 2.45) is 0 Å². The van der Waals surface area contributed by atoms with Gasteiger partial charge < -0.3 is 10.1 Å². The predicted molar refractivity (Wildman–Crippen MR) is 80.3 cm³/mol. The van der Waals surface area contributed by atoms with Crippen molar-refractivity contribution < 1.29 is 31.1 Å². The van der Waals surface area contributed by atoms with Gasteiger partial charge in [0.25, 0.3) is 0 Å². The Hall–Kier alpha value is -1.48. The van der Waals surface area contributed by atoms with Crippen molar-refractivity contribution in [3.8, 4) is 5.75 Å². The Morgan fingerprint density at radius 2 is 1.64 bits per heavy atom. The molecular weight excluding hydrogens is 350 g/mol. The van der Waals surface area contributed by atoms with Gasteiger partial charge in [-0.1, -0.05) is 18.2 Å². The van der Waals surface area contributed by atoms with Crippen LogP contribution in [0.15, 0.2) is 24.3 Å². The van der Waals surface area contributed by atoms with Gasteiger partial charge >= 0.3 is 12.4 Å². The van der Waals surface area contributed by atoms with Crippen molar-refractivity contribution in [1.29, 1.82) is 0 Å². The number of likely N-dealkylation sites (tertiary alicyclic amines) is 1. The van der Waals surface area contributed by atoms with Gasteiger partial charge in [-0.15, -0.1) is 0 Å². The zero-order valence-corrected chi connectivity index (χ0v) is 13.5. The van der Waals surface area contributed by atoms with E-state index in [1.807, 2.05) is 0 Å². The molecule has 0 amide bonds. The van der Waals surface area contributed by atoms with Gasteiger partial charge in [0.1, 0.15) is 5.75 Å². The average Bonchev–Trinajstić information content (AvgIpc) is 2.51. The van der Waals surface area contributed by atoms with Gasteiger partial charge in [0.15, 0.2) is 6.61 Å². The third-order valence-electron chi connectivity index (χ3n) is 3.94. The van der Waals surface area contributed by atoms with E-state index in [1.165, 1.54) is 11.0 Å². The molecule has 0 atom stereocenters. The smallest absolute Gasteiger partial charge is 0.422 e. The summed E-state index contributed by atoms with van der Waals surface area (Å²) in [6, 6.07) is 6.44. The van der Waals surface area contributed by atoms with Gasteiger partial charge in [0, 0.05) is 18.2 Å². The van der Waals surface area contributed by atoms with Crippen molar-refractivity contribution >= 4 is 0 Å². The van der Waals surface area contributed by atoms with Crippen molar-refractivity contribution in [3.05, 3.63) is 29.8 Å². The van der Waals surface area contributed by atoms with Crippen LogP contribution in [0.1, 0.15) is 18.4 Å². The van der Waals surface area contributed by atoms with E-state index >= 15 is 0 Å². The van der Waals surface area contributed by atoms with Crippen molar-refractivity contribution in [2.45, 2.75) is 37.8 Å². The third kappa shape index (κ3) is 7.52. The summed E-state index contributed by atoms with van der Waals surface area (Å²) < 4.78 is 78.7. The fourth-order valence-corrected chi connectivity index (χ4v) is 2.75. The number of hydrogen-bond donors (Lipinski definition) is 1. The van der Waals surface area contributed by atoms with Crippen LogP contribution in [0.25, 0.3) is 0 Å². The largest absolute Gasteiger partial charge is 0.484 e. The van der Waals surface area contributed by atoms with Crippen LogP contribution in [0.5, 0.6) is 5.75 Å². The van der Waals surface area contributed by atoms with E-state index in [4.69, 9.17) is 4.74 Å². The quantitative estimate of drug-likeness (QED) is 0.772. The highest BCUT2D eigenvalue weighted by molar-refractivity contribution is 5.33. The highest BCUT2D eigenvalue weighted by Gasteiger charge is 2.32. The number of hydrogen-bond acceptors (Lipinski definition) is 3. The lowest BCUT2D eigenvalue weighted by Crippen LogP contribution is -2.45. The number of halogens is 6. The first kappa shape index (κ1) is 19.8. The number of piperidine rings is 1. The van der Waals surface area contributed by atoms with Crippen molar-refractivity contribution in [1.82, 2.24) is 10.2 Å². The van der Waals surface area contributed by atoms with Gasteiger partial charge in [-0.2, -0.15) is 26.3 Å². The number of alkyl halides is 6. The molecule has 0 aliphatic carbocycles. The lowest BCUT2D eigenvalue weighted by Gasteiger charge is -2.32. The fourth-order valence-electron chi connectivity index (χ4n) is 2.75. The number of benzene rings is 1. The number of ether oxygens (including phenoxy) is 1. The molecule has 1 heterocycles. The Labute approximate surface area is 141 Å². The molecule has 0 radical (unpaired) electrons. The minimum absolute atomic E-state index is 0.0279. The Morgan fingerprint density at radius 3 is 2.24 bits per heavy atom. The second kappa shape index (κ2) is 8.27. The summed E-state index contributed by atoms with van der Waals surface area (Å²) in [4.78, 5) is 1.36. The van der Waals surface area contributed by atoms with Gasteiger partial charge in [-0.05, 0) is 32.0 Å². The predicted octanol–water partition coefficient (Wildman–Crippen LogP) is 3.74. The first-order chi connectivity index (χ1) is 11.6. The SMILES string of the molecule is FC(F)(F)COc1ccccc1CNC1CCN(CC(F)(F)F)CC1. The first-order valence-corrected chi connectivity index (χ1v) is 7.92. The van der Waals surface area contributed by atoms with E-state index in [0.717, 1.165) is 0 Å². The molecule has 0 spiro atoms. The normalized spacial score (nSPS) is 17.7. The first-order valence-electron chi connectivity index (χ1n) is 7.92. The van der Waals surface area contributed by atoms with Crippen LogP contribution in [-0.2, 0) is 6.54 Å². The van der Waals surface area contributed by atoms with E-state index in [2.05, 4.69) is 5.32 Å². The number of para-hydroxylation sites is 1. The molecule has 1 saturated heterocycles. The van der Waals surface area contributed by atoms with Crippen molar-refractivity contribution in [3.63, 3.8) is 0 Å². The topological polar surface area (TPSA) is 24.5 Å². The zero-order chi connectivity index (χ0) is 18.5. The van der Waals surface area contributed by atoms with Crippen LogP contribution in [0.4, 0.5) is 26.3 Å². The molecule has 1 fully saturated rings. The lowest BCUT2D eigenvalue weighted by molar-refractivity contribution is -0.153. The molecule has 1 N–H and O–H groups in total. The summed E-state index contributed by atoms with van der Waals surface area (Å²) in [6.45, 7) is -1.29. The molecule has 0 bridgehead atoms. The summed E-state index contributed by atoms with van der Waals surface area (Å²) in [5.41, 5.74) is 0.587. The zero-order valence-electron chi connectivity index (χ0n) is 13.5. The summed E-state index contributed by atoms with van der Waals surface area (Å²) in [5.74, 6) is 0.154. The van der Waals surface area contributed by atoms with Gasteiger partial charge in [-0.25, -0.2) is 0 Å². The molecule has 0 saturated carbocycles. The summed E-state index contributed by atoms with van der Waals surface area (Å²) in [6.07, 6.45) is -7.50. The lowest BCUT2D eigenvalue weighted by atomic mass is 10.0. The van der Waals surface area contributed by atoms with E-state index in [-0.39, 0.29) is 11.8 Å². The van der Waals surface area contributed by atoms with Crippen LogP contribution < -0.4 is 10.1 Å². The molecule has 1 aliphatic rings. The molecule has 9 heteroatoms. The Bertz CT molecular complexity index is 538. The Balaban J connectivity index is 1.80. The van der Waals surface area contributed by atoms with Crippen molar-refractivity contribution in [2.75, 3.05) is 26.2 Å². The fraction of sp³-hybridized carbons (Fsp3) is 0.625. The molecule has 0 aromatic heterocycles.